The van der Waals surface area contributed by atoms with E-state index in [2.05, 4.69) is 15.6 Å². The summed E-state index contributed by atoms with van der Waals surface area (Å²) in [4.78, 5) is 45.7. The average molecular weight is 613 g/mol. The van der Waals surface area contributed by atoms with Gasteiger partial charge in [-0.05, 0) is 73.4 Å². The van der Waals surface area contributed by atoms with Gasteiger partial charge in [-0.15, -0.1) is 0 Å². The van der Waals surface area contributed by atoms with Gasteiger partial charge in [0.2, 0.25) is 17.7 Å². The Morgan fingerprint density at radius 2 is 1.59 bits per heavy atom. The highest BCUT2D eigenvalue weighted by molar-refractivity contribution is 5.93. The lowest BCUT2D eigenvalue weighted by Crippen LogP contribution is -2.56. The molecule has 0 aromatic heterocycles. The summed E-state index contributed by atoms with van der Waals surface area (Å²) in [5.74, 6) is -1.49. The molecule has 0 radical (unpaired) electrons. The van der Waals surface area contributed by atoms with Crippen molar-refractivity contribution in [2.24, 2.45) is 22.4 Å². The first kappa shape index (κ1) is 34.1. The predicted molar refractivity (Wildman–Crippen MR) is 164 cm³/mol. The molecule has 1 fully saturated rings. The van der Waals surface area contributed by atoms with Crippen LogP contribution in [0.5, 0.6) is 11.5 Å². The fourth-order valence-corrected chi connectivity index (χ4v) is 5.22. The summed E-state index contributed by atoms with van der Waals surface area (Å²) in [6, 6.07) is 10.2. The van der Waals surface area contributed by atoms with Gasteiger partial charge in [0.1, 0.15) is 29.7 Å². The minimum atomic E-state index is -1.40. The topological polar surface area (TPSA) is 224 Å². The fraction of sp³-hybridized carbons (Fsp3) is 0.484. The van der Waals surface area contributed by atoms with Gasteiger partial charge in [0.15, 0.2) is 5.96 Å². The van der Waals surface area contributed by atoms with Crippen molar-refractivity contribution >= 4 is 23.7 Å². The number of aliphatic hydroxyl groups is 2. The van der Waals surface area contributed by atoms with Crippen LogP contribution in [0.4, 0.5) is 0 Å². The molecule has 0 bridgehead atoms. The Hall–Kier alpha value is -4.36. The number of amides is 3. The number of aliphatic hydroxyl groups excluding tert-OH is 2. The van der Waals surface area contributed by atoms with E-state index in [0.717, 1.165) is 5.56 Å². The maximum Gasteiger partial charge on any atom is 0.249 e. The highest BCUT2D eigenvalue weighted by Crippen LogP contribution is 2.25. The van der Waals surface area contributed by atoms with E-state index in [9.17, 15) is 34.8 Å². The zero-order valence-electron chi connectivity index (χ0n) is 24.9. The van der Waals surface area contributed by atoms with Gasteiger partial charge in [0.25, 0.3) is 0 Å². The van der Waals surface area contributed by atoms with Gasteiger partial charge in [-0.25, -0.2) is 0 Å². The van der Waals surface area contributed by atoms with Crippen LogP contribution >= 0.6 is 0 Å². The molecule has 0 spiro atoms. The Kier molecular flexibility index (Phi) is 12.8. The highest BCUT2D eigenvalue weighted by Gasteiger charge is 2.41. The van der Waals surface area contributed by atoms with Gasteiger partial charge < -0.3 is 47.4 Å². The highest BCUT2D eigenvalue weighted by atomic mass is 16.3. The molecule has 1 aliphatic heterocycles. The van der Waals surface area contributed by atoms with Crippen LogP contribution in [0.3, 0.4) is 0 Å². The number of carbonyl (C=O) groups excluding carboxylic acids is 3. The first-order valence-corrected chi connectivity index (χ1v) is 14.8. The van der Waals surface area contributed by atoms with Crippen molar-refractivity contribution in [2.75, 3.05) is 19.7 Å². The third-order valence-corrected chi connectivity index (χ3v) is 7.60. The zero-order valence-corrected chi connectivity index (χ0v) is 24.9. The number of hydrogen-bond acceptors (Lipinski definition) is 8. The van der Waals surface area contributed by atoms with E-state index in [4.69, 9.17) is 11.5 Å². The maximum atomic E-state index is 14.0. The van der Waals surface area contributed by atoms with Crippen molar-refractivity contribution < 1.29 is 34.8 Å². The van der Waals surface area contributed by atoms with Gasteiger partial charge in [-0.2, -0.15) is 0 Å². The molecule has 2 aromatic carbocycles. The molecule has 3 amide bonds. The SMILES string of the molecule is CC1C[C@@H](C(=O)N[C@H](CO)CCCN=C(N)N)N(C(=O)[C@@H](Cc2ccc(O)cc2)NC(=O)C(O)CCc2ccc(O)cc2)C1. The van der Waals surface area contributed by atoms with Crippen molar-refractivity contribution in [1.29, 1.82) is 0 Å². The Balaban J connectivity index is 1.72. The van der Waals surface area contributed by atoms with Gasteiger partial charge in [0.05, 0.1) is 12.6 Å². The number of nitrogens with two attached hydrogens (primary N) is 2. The van der Waals surface area contributed by atoms with Crippen LogP contribution < -0.4 is 22.1 Å². The largest absolute Gasteiger partial charge is 0.508 e. The summed E-state index contributed by atoms with van der Waals surface area (Å²) < 4.78 is 0. The molecular formula is C31H44N6O7. The fourth-order valence-electron chi connectivity index (χ4n) is 5.22. The van der Waals surface area contributed by atoms with Gasteiger partial charge in [-0.3, -0.25) is 19.4 Å². The van der Waals surface area contributed by atoms with Gasteiger partial charge >= 0.3 is 0 Å². The maximum absolute atomic E-state index is 14.0. The summed E-state index contributed by atoms with van der Waals surface area (Å²) >= 11 is 0. The smallest absolute Gasteiger partial charge is 0.249 e. The Morgan fingerprint density at radius 3 is 2.18 bits per heavy atom. The molecular weight excluding hydrogens is 568 g/mol. The van der Waals surface area contributed by atoms with Crippen LogP contribution in [-0.2, 0) is 27.2 Å². The van der Waals surface area contributed by atoms with Crippen LogP contribution in [0.25, 0.3) is 0 Å². The van der Waals surface area contributed by atoms with Crippen LogP contribution in [-0.4, -0.2) is 92.9 Å². The summed E-state index contributed by atoms with van der Waals surface area (Å²) in [6.45, 7) is 2.26. The van der Waals surface area contributed by atoms with E-state index >= 15 is 0 Å². The van der Waals surface area contributed by atoms with Crippen LogP contribution in [0.1, 0.15) is 43.7 Å². The Labute approximate surface area is 257 Å². The van der Waals surface area contributed by atoms with Crippen molar-refractivity contribution in [3.05, 3.63) is 59.7 Å². The quantitative estimate of drug-likeness (QED) is 0.0762. The average Bonchev–Trinajstić information content (AvgIpc) is 3.40. The minimum absolute atomic E-state index is 0.00469. The summed E-state index contributed by atoms with van der Waals surface area (Å²) in [5.41, 5.74) is 12.2. The number of aromatic hydroxyl groups is 2. The lowest BCUT2D eigenvalue weighted by molar-refractivity contribution is -0.143. The number of nitrogens with one attached hydrogen (secondary N) is 2. The number of phenolic OH excluding ortho intramolecular Hbond substituents is 2. The third kappa shape index (κ3) is 10.4. The molecule has 1 saturated heterocycles. The van der Waals surface area contributed by atoms with Crippen LogP contribution in [0, 0.1) is 5.92 Å². The second-order valence-corrected chi connectivity index (χ2v) is 11.3. The molecule has 44 heavy (non-hydrogen) atoms. The van der Waals surface area contributed by atoms with Crippen molar-refractivity contribution in [3.63, 3.8) is 0 Å². The van der Waals surface area contributed by atoms with Crippen molar-refractivity contribution in [3.8, 4) is 11.5 Å². The van der Waals surface area contributed by atoms with E-state index in [0.29, 0.717) is 37.8 Å². The molecule has 0 aliphatic carbocycles. The molecule has 1 heterocycles. The molecule has 0 saturated carbocycles. The standard InChI is InChI=1S/C31H44N6O7/c1-19-15-26(28(42)35-22(18-38)3-2-14-34-31(32)33)37(17-19)30(44)25(16-21-6-11-24(40)12-7-21)36-29(43)27(41)13-8-20-4-9-23(39)10-5-20/h4-7,9-12,19,22,25-27,38-41H,2-3,8,13-18H2,1H3,(H,35,42)(H,36,43)(H4,32,33,34)/t19?,22-,25+,26-,27?/m0/s1. The number of aliphatic imine (C=N–C) groups is 1. The number of aryl methyl sites for hydroxylation is 1. The monoisotopic (exact) mass is 612 g/mol. The van der Waals surface area contributed by atoms with Crippen molar-refractivity contribution in [2.45, 2.75) is 69.7 Å². The number of rotatable bonds is 15. The minimum Gasteiger partial charge on any atom is -0.508 e. The van der Waals surface area contributed by atoms with Crippen LogP contribution in [0.15, 0.2) is 53.5 Å². The molecule has 2 unspecified atom stereocenters. The van der Waals surface area contributed by atoms with E-state index in [1.54, 1.807) is 24.3 Å². The molecule has 10 N–H and O–H groups in total. The predicted octanol–water partition coefficient (Wildman–Crippen LogP) is -0.113. The zero-order chi connectivity index (χ0) is 32.2. The molecule has 13 nitrogen and oxygen atoms in total. The molecule has 5 atom stereocenters. The van der Waals surface area contributed by atoms with E-state index < -0.39 is 42.0 Å². The molecule has 3 rings (SSSR count). The Morgan fingerprint density at radius 1 is 0.977 bits per heavy atom. The van der Waals surface area contributed by atoms with Crippen LogP contribution in [0.2, 0.25) is 0 Å². The Bertz CT molecular complexity index is 1270. The molecule has 240 valence electrons. The third-order valence-electron chi connectivity index (χ3n) is 7.60. The molecule has 1 aliphatic rings. The van der Waals surface area contributed by atoms with Crippen molar-refractivity contribution in [1.82, 2.24) is 15.5 Å². The molecule has 2 aromatic rings. The number of nitrogens with zero attached hydrogens (tertiary/aromatic N) is 2. The molecule has 13 heteroatoms. The summed E-state index contributed by atoms with van der Waals surface area (Å²) in [6.07, 6.45) is 0.487. The second kappa shape index (κ2) is 16.5. The number of phenols is 2. The van der Waals surface area contributed by atoms with Gasteiger partial charge in [0, 0.05) is 19.5 Å². The lowest BCUT2D eigenvalue weighted by Gasteiger charge is -2.30. The summed E-state index contributed by atoms with van der Waals surface area (Å²) in [5, 5.41) is 45.1. The van der Waals surface area contributed by atoms with E-state index in [1.807, 2.05) is 6.92 Å². The number of benzene rings is 2. The number of hydrogen-bond donors (Lipinski definition) is 8. The number of carbonyl (C=O) groups is 3. The first-order valence-electron chi connectivity index (χ1n) is 14.8. The van der Waals surface area contributed by atoms with Gasteiger partial charge in [-0.1, -0.05) is 31.2 Å². The van der Waals surface area contributed by atoms with E-state index in [1.165, 1.54) is 29.2 Å². The first-order chi connectivity index (χ1) is 21.0. The van der Waals surface area contributed by atoms with E-state index in [-0.39, 0.29) is 49.4 Å². The number of guanidine groups is 1. The lowest BCUT2D eigenvalue weighted by atomic mass is 10.0. The normalized spacial score (nSPS) is 18.2. The summed E-state index contributed by atoms with van der Waals surface area (Å²) in [7, 11) is 0. The number of likely N-dealkylation sites (tertiary alicyclic amines) is 1. The second-order valence-electron chi connectivity index (χ2n) is 11.3.